The van der Waals surface area contributed by atoms with E-state index < -0.39 is 0 Å². The Morgan fingerprint density at radius 3 is 2.46 bits per heavy atom. The Balaban J connectivity index is 1.85. The van der Waals surface area contributed by atoms with E-state index in [-0.39, 0.29) is 0 Å². The lowest BCUT2D eigenvalue weighted by atomic mass is 10.1. The highest BCUT2D eigenvalue weighted by molar-refractivity contribution is 5.80. The molecule has 0 unspecified atom stereocenters. The monoisotopic (exact) mass is 391 g/mol. The van der Waals surface area contributed by atoms with Crippen LogP contribution in [-0.2, 0) is 6.54 Å². The van der Waals surface area contributed by atoms with E-state index in [1.807, 2.05) is 19.2 Å². The first-order chi connectivity index (χ1) is 13.5. The van der Waals surface area contributed by atoms with Gasteiger partial charge in [-0.1, -0.05) is 0 Å². The van der Waals surface area contributed by atoms with E-state index in [2.05, 4.69) is 52.0 Å². The number of piperazine rings is 1. The van der Waals surface area contributed by atoms with Crippen LogP contribution in [0.2, 0.25) is 0 Å². The molecule has 1 saturated heterocycles. The van der Waals surface area contributed by atoms with Gasteiger partial charge in [-0.2, -0.15) is 0 Å². The van der Waals surface area contributed by atoms with E-state index in [0.717, 1.165) is 68.8 Å². The predicted octanol–water partition coefficient (Wildman–Crippen LogP) is 1.74. The molecule has 1 heterocycles. The number of guanidine groups is 1. The fourth-order valence-electron chi connectivity index (χ4n) is 3.30. The van der Waals surface area contributed by atoms with Gasteiger partial charge in [0.2, 0.25) is 0 Å². The maximum atomic E-state index is 5.52. The fourth-order valence-corrected chi connectivity index (χ4v) is 3.30. The lowest BCUT2D eigenvalue weighted by Crippen LogP contribution is -2.53. The molecule has 0 spiro atoms. The smallest absolute Gasteiger partial charge is 0.193 e. The molecule has 1 aliphatic rings. The summed E-state index contributed by atoms with van der Waals surface area (Å²) in [6, 6.07) is 6.54. The fraction of sp³-hybridized carbons (Fsp3) is 0.667. The molecule has 0 radical (unpaired) electrons. The maximum Gasteiger partial charge on any atom is 0.193 e. The normalized spacial score (nSPS) is 16.0. The summed E-state index contributed by atoms with van der Waals surface area (Å²) in [6.45, 7) is 11.1. The molecule has 7 heteroatoms. The van der Waals surface area contributed by atoms with Crippen LogP contribution >= 0.6 is 0 Å². The molecular formula is C21H37N5O2. The van der Waals surface area contributed by atoms with Crippen molar-refractivity contribution in [2.45, 2.75) is 26.4 Å². The van der Waals surface area contributed by atoms with Gasteiger partial charge in [0, 0.05) is 64.5 Å². The van der Waals surface area contributed by atoms with Crippen LogP contribution in [0.15, 0.2) is 23.2 Å². The van der Waals surface area contributed by atoms with Gasteiger partial charge in [0.15, 0.2) is 5.96 Å². The van der Waals surface area contributed by atoms with Crippen molar-refractivity contribution >= 4 is 5.96 Å². The highest BCUT2D eigenvalue weighted by Crippen LogP contribution is 2.25. The minimum atomic E-state index is 0.556. The number of benzene rings is 1. The van der Waals surface area contributed by atoms with Crippen molar-refractivity contribution in [1.29, 1.82) is 0 Å². The van der Waals surface area contributed by atoms with Crippen LogP contribution in [0.4, 0.5) is 0 Å². The molecule has 1 aromatic carbocycles. The number of likely N-dealkylation sites (N-methyl/N-ethyl adjacent to an activating group) is 1. The van der Waals surface area contributed by atoms with Crippen LogP contribution in [0, 0.1) is 0 Å². The second kappa shape index (κ2) is 11.1. The van der Waals surface area contributed by atoms with Gasteiger partial charge in [0.25, 0.3) is 0 Å². The molecule has 2 rings (SSSR count). The molecule has 0 amide bonds. The van der Waals surface area contributed by atoms with Crippen LogP contribution < -0.4 is 14.8 Å². The van der Waals surface area contributed by atoms with Gasteiger partial charge >= 0.3 is 0 Å². The van der Waals surface area contributed by atoms with Gasteiger partial charge in [-0.3, -0.25) is 9.89 Å². The van der Waals surface area contributed by atoms with Gasteiger partial charge < -0.3 is 24.6 Å². The Morgan fingerprint density at radius 1 is 1.18 bits per heavy atom. The molecule has 0 aliphatic carbocycles. The summed E-state index contributed by atoms with van der Waals surface area (Å²) in [5.41, 5.74) is 1.16. The van der Waals surface area contributed by atoms with E-state index in [1.54, 1.807) is 14.2 Å². The third-order valence-corrected chi connectivity index (χ3v) is 5.39. The van der Waals surface area contributed by atoms with Gasteiger partial charge in [0.1, 0.15) is 11.5 Å². The van der Waals surface area contributed by atoms with Gasteiger partial charge in [-0.15, -0.1) is 0 Å². The summed E-state index contributed by atoms with van der Waals surface area (Å²) in [5, 5.41) is 3.50. The number of nitrogens with zero attached hydrogens (tertiary/aromatic N) is 4. The van der Waals surface area contributed by atoms with Crippen molar-refractivity contribution < 1.29 is 9.47 Å². The highest BCUT2D eigenvalue weighted by Gasteiger charge is 2.21. The number of nitrogens with one attached hydrogen (secondary N) is 1. The minimum Gasteiger partial charge on any atom is -0.497 e. The number of rotatable bonds is 8. The van der Waals surface area contributed by atoms with Gasteiger partial charge in [-0.25, -0.2) is 0 Å². The number of aliphatic imine (C=N–C) groups is 1. The molecule has 0 atom stereocenters. The molecule has 0 bridgehead atoms. The number of ether oxygens (including phenoxy) is 2. The molecule has 1 fully saturated rings. The van der Waals surface area contributed by atoms with Crippen LogP contribution in [-0.4, -0.2) is 94.3 Å². The Bertz CT molecular complexity index is 627. The van der Waals surface area contributed by atoms with Crippen molar-refractivity contribution in [1.82, 2.24) is 20.0 Å². The minimum absolute atomic E-state index is 0.556. The second-order valence-electron chi connectivity index (χ2n) is 7.49. The average molecular weight is 392 g/mol. The maximum absolute atomic E-state index is 5.52. The lowest BCUT2D eigenvalue weighted by Gasteiger charge is -2.37. The molecule has 158 valence electrons. The average Bonchev–Trinajstić information content (AvgIpc) is 2.71. The molecule has 7 nitrogen and oxygen atoms in total. The van der Waals surface area contributed by atoms with Crippen LogP contribution in [0.1, 0.15) is 19.4 Å². The number of hydrogen-bond acceptors (Lipinski definition) is 5. The molecule has 28 heavy (non-hydrogen) atoms. The van der Waals surface area contributed by atoms with E-state index in [0.29, 0.717) is 6.04 Å². The van der Waals surface area contributed by atoms with E-state index in [9.17, 15) is 0 Å². The lowest BCUT2D eigenvalue weighted by molar-refractivity contribution is 0.170. The SMILES string of the molecule is CN=C(NCCN(C)C(C)C)N1CCN(Cc2cc(OC)ccc2OC)CC1. The predicted molar refractivity (Wildman–Crippen MR) is 116 cm³/mol. The van der Waals surface area contributed by atoms with Crippen LogP contribution in [0.3, 0.4) is 0 Å². The zero-order chi connectivity index (χ0) is 20.5. The summed E-state index contributed by atoms with van der Waals surface area (Å²) >= 11 is 0. The van der Waals surface area contributed by atoms with Crippen molar-refractivity contribution in [3.63, 3.8) is 0 Å². The first kappa shape index (κ1) is 22.3. The number of methoxy groups -OCH3 is 2. The van der Waals surface area contributed by atoms with Crippen molar-refractivity contribution in [3.05, 3.63) is 23.8 Å². The second-order valence-corrected chi connectivity index (χ2v) is 7.49. The quantitative estimate of drug-likeness (QED) is 0.538. The molecule has 0 aromatic heterocycles. The summed E-state index contributed by atoms with van der Waals surface area (Å²) in [4.78, 5) is 11.6. The molecule has 0 saturated carbocycles. The Labute approximate surface area is 170 Å². The molecular weight excluding hydrogens is 354 g/mol. The number of hydrogen-bond donors (Lipinski definition) is 1. The van der Waals surface area contributed by atoms with E-state index in [1.165, 1.54) is 0 Å². The standard InChI is InChI=1S/C21H37N5O2/c1-17(2)24(4)10-9-23-21(22-3)26-13-11-25(12-14-26)16-18-15-19(27-5)7-8-20(18)28-6/h7-8,15,17H,9-14,16H2,1-6H3,(H,22,23). The molecule has 1 aromatic rings. The van der Waals surface area contributed by atoms with E-state index in [4.69, 9.17) is 9.47 Å². The summed E-state index contributed by atoms with van der Waals surface area (Å²) in [7, 11) is 7.43. The zero-order valence-electron chi connectivity index (χ0n) is 18.4. The van der Waals surface area contributed by atoms with Crippen molar-refractivity contribution in [3.8, 4) is 11.5 Å². The Morgan fingerprint density at radius 2 is 1.89 bits per heavy atom. The first-order valence-electron chi connectivity index (χ1n) is 10.1. The largest absolute Gasteiger partial charge is 0.497 e. The van der Waals surface area contributed by atoms with Gasteiger partial charge in [0.05, 0.1) is 14.2 Å². The topological polar surface area (TPSA) is 52.6 Å². The molecule has 1 aliphatic heterocycles. The van der Waals surface area contributed by atoms with Gasteiger partial charge in [-0.05, 0) is 39.1 Å². The Kier molecular flexibility index (Phi) is 8.86. The summed E-state index contributed by atoms with van der Waals surface area (Å²) in [5.74, 6) is 2.77. The molecule has 1 N–H and O–H groups in total. The van der Waals surface area contributed by atoms with Crippen molar-refractivity contribution in [2.75, 3.05) is 67.6 Å². The summed E-state index contributed by atoms with van der Waals surface area (Å²) in [6.07, 6.45) is 0. The zero-order valence-corrected chi connectivity index (χ0v) is 18.4. The van der Waals surface area contributed by atoms with Crippen LogP contribution in [0.5, 0.6) is 11.5 Å². The highest BCUT2D eigenvalue weighted by atomic mass is 16.5. The van der Waals surface area contributed by atoms with E-state index >= 15 is 0 Å². The summed E-state index contributed by atoms with van der Waals surface area (Å²) < 4.78 is 10.9. The van der Waals surface area contributed by atoms with Crippen LogP contribution in [0.25, 0.3) is 0 Å². The first-order valence-corrected chi connectivity index (χ1v) is 10.1. The Hall–Kier alpha value is -1.99. The third-order valence-electron chi connectivity index (χ3n) is 5.39. The third kappa shape index (κ3) is 6.27. The van der Waals surface area contributed by atoms with Crippen molar-refractivity contribution in [2.24, 2.45) is 4.99 Å².